The van der Waals surface area contributed by atoms with Crippen molar-refractivity contribution in [1.29, 1.82) is 0 Å². The molecule has 1 aromatic heterocycles. The number of esters is 1. The molecule has 6 heteroatoms. The molecule has 25 heavy (non-hydrogen) atoms. The molecule has 132 valence electrons. The maximum Gasteiger partial charge on any atom is 0.348 e. The third-order valence-corrected chi connectivity index (χ3v) is 5.48. The Bertz CT molecular complexity index is 815. The minimum atomic E-state index is -0.564. The lowest BCUT2D eigenvalue weighted by atomic mass is 9.90. The highest BCUT2D eigenvalue weighted by Crippen LogP contribution is 2.32. The molecular formula is C19H20FNO3S. The zero-order chi connectivity index (χ0) is 18.0. The number of aryl methyl sites for hydroxylation is 2. The molecule has 0 unspecified atom stereocenters. The van der Waals surface area contributed by atoms with Gasteiger partial charge in [-0.1, -0.05) is 13.0 Å². The fraction of sp³-hybridized carbons (Fsp3) is 0.368. The number of nitrogens with one attached hydrogen (secondary N) is 1. The number of thiophene rings is 1. The number of benzene rings is 1. The quantitative estimate of drug-likeness (QED) is 0.834. The largest absolute Gasteiger partial charge is 0.451 e. The summed E-state index contributed by atoms with van der Waals surface area (Å²) in [6, 6.07) is 6.38. The van der Waals surface area contributed by atoms with Crippen LogP contribution in [0.5, 0.6) is 0 Å². The third kappa shape index (κ3) is 4.25. The SMILES string of the molecule is Cc1ccc(NC(=O)COC(=O)c2cc3c(s2)CC[C@H](C)C3)c(F)c1. The van der Waals surface area contributed by atoms with Crippen molar-refractivity contribution in [2.24, 2.45) is 5.92 Å². The maximum atomic E-state index is 13.7. The number of amides is 1. The fourth-order valence-electron chi connectivity index (χ4n) is 2.92. The molecule has 2 aromatic rings. The summed E-state index contributed by atoms with van der Waals surface area (Å²) >= 11 is 1.44. The molecule has 1 atom stereocenters. The molecule has 1 heterocycles. The van der Waals surface area contributed by atoms with E-state index in [1.54, 1.807) is 13.0 Å². The van der Waals surface area contributed by atoms with E-state index in [0.717, 1.165) is 24.8 Å². The highest BCUT2D eigenvalue weighted by Gasteiger charge is 2.21. The highest BCUT2D eigenvalue weighted by molar-refractivity contribution is 7.14. The minimum Gasteiger partial charge on any atom is -0.451 e. The Kier molecular flexibility index (Phi) is 5.18. The van der Waals surface area contributed by atoms with Gasteiger partial charge in [0.25, 0.3) is 5.91 Å². The molecule has 1 aliphatic rings. The smallest absolute Gasteiger partial charge is 0.348 e. The van der Waals surface area contributed by atoms with Crippen molar-refractivity contribution in [3.63, 3.8) is 0 Å². The summed E-state index contributed by atoms with van der Waals surface area (Å²) in [5.74, 6) is -0.960. The van der Waals surface area contributed by atoms with E-state index in [0.29, 0.717) is 10.8 Å². The van der Waals surface area contributed by atoms with Crippen LogP contribution in [0.15, 0.2) is 24.3 Å². The van der Waals surface area contributed by atoms with Crippen LogP contribution in [0.3, 0.4) is 0 Å². The second-order valence-corrected chi connectivity index (χ2v) is 7.65. The second-order valence-electron chi connectivity index (χ2n) is 6.51. The predicted octanol–water partition coefficient (Wildman–Crippen LogP) is 4.12. The van der Waals surface area contributed by atoms with Crippen molar-refractivity contribution in [2.75, 3.05) is 11.9 Å². The fourth-order valence-corrected chi connectivity index (χ4v) is 4.02. The summed E-state index contributed by atoms with van der Waals surface area (Å²) in [7, 11) is 0. The number of ether oxygens (including phenoxy) is 1. The normalized spacial score (nSPS) is 16.2. The van der Waals surface area contributed by atoms with Crippen molar-refractivity contribution in [3.8, 4) is 0 Å². The van der Waals surface area contributed by atoms with E-state index in [9.17, 15) is 14.0 Å². The van der Waals surface area contributed by atoms with Gasteiger partial charge in [0, 0.05) is 4.88 Å². The monoisotopic (exact) mass is 361 g/mol. The van der Waals surface area contributed by atoms with E-state index in [2.05, 4.69) is 12.2 Å². The maximum absolute atomic E-state index is 13.7. The van der Waals surface area contributed by atoms with Crippen LogP contribution in [0, 0.1) is 18.7 Å². The lowest BCUT2D eigenvalue weighted by molar-refractivity contribution is -0.119. The number of carbonyl (C=O) groups is 2. The second kappa shape index (κ2) is 7.35. The molecule has 0 saturated heterocycles. The zero-order valence-electron chi connectivity index (χ0n) is 14.2. The summed E-state index contributed by atoms with van der Waals surface area (Å²) in [5.41, 5.74) is 2.05. The number of fused-ring (bicyclic) bond motifs is 1. The number of hydrogen-bond donors (Lipinski definition) is 1. The van der Waals surface area contributed by atoms with E-state index in [1.807, 2.05) is 6.07 Å². The van der Waals surface area contributed by atoms with E-state index in [-0.39, 0.29) is 5.69 Å². The van der Waals surface area contributed by atoms with E-state index in [1.165, 1.54) is 33.9 Å². The lowest BCUT2D eigenvalue weighted by Crippen LogP contribution is -2.21. The Morgan fingerprint density at radius 1 is 1.36 bits per heavy atom. The van der Waals surface area contributed by atoms with Crippen molar-refractivity contribution < 1.29 is 18.7 Å². The van der Waals surface area contributed by atoms with Crippen LogP contribution >= 0.6 is 11.3 Å². The van der Waals surface area contributed by atoms with Crippen molar-refractivity contribution in [1.82, 2.24) is 0 Å². The molecule has 4 nitrogen and oxygen atoms in total. The third-order valence-electron chi connectivity index (χ3n) is 4.26. The first-order valence-corrected chi connectivity index (χ1v) is 9.08. The van der Waals surface area contributed by atoms with Gasteiger partial charge in [0.2, 0.25) is 0 Å². The van der Waals surface area contributed by atoms with Crippen LogP contribution < -0.4 is 5.32 Å². The molecule has 0 fully saturated rings. The van der Waals surface area contributed by atoms with Gasteiger partial charge in [0.15, 0.2) is 6.61 Å². The number of carbonyl (C=O) groups excluding carboxylic acids is 2. The first kappa shape index (κ1) is 17.6. The van der Waals surface area contributed by atoms with Crippen LogP contribution in [0.2, 0.25) is 0 Å². The van der Waals surface area contributed by atoms with Crippen LogP contribution in [-0.4, -0.2) is 18.5 Å². The van der Waals surface area contributed by atoms with Gasteiger partial charge in [0.05, 0.1) is 5.69 Å². The Morgan fingerprint density at radius 3 is 2.92 bits per heavy atom. The molecule has 0 radical (unpaired) electrons. The average molecular weight is 361 g/mol. The van der Waals surface area contributed by atoms with Crippen LogP contribution in [0.4, 0.5) is 10.1 Å². The first-order valence-electron chi connectivity index (χ1n) is 8.27. The Balaban J connectivity index is 1.56. The molecule has 3 rings (SSSR count). The van der Waals surface area contributed by atoms with Gasteiger partial charge in [-0.05, 0) is 61.4 Å². The summed E-state index contributed by atoms with van der Waals surface area (Å²) in [5, 5.41) is 2.41. The topological polar surface area (TPSA) is 55.4 Å². The molecule has 1 amide bonds. The molecular weight excluding hydrogens is 341 g/mol. The Morgan fingerprint density at radius 2 is 2.16 bits per heavy atom. The summed E-state index contributed by atoms with van der Waals surface area (Å²) in [6.45, 7) is 3.52. The van der Waals surface area contributed by atoms with Crippen molar-refractivity contribution in [3.05, 3.63) is 51.0 Å². The molecule has 0 spiro atoms. The summed E-state index contributed by atoms with van der Waals surface area (Å²) in [4.78, 5) is 25.8. The Labute approximate surface area is 150 Å². The Hall–Kier alpha value is -2.21. The van der Waals surface area contributed by atoms with E-state index in [4.69, 9.17) is 4.74 Å². The number of anilines is 1. The number of halogens is 1. The first-order chi connectivity index (χ1) is 11.9. The highest BCUT2D eigenvalue weighted by atomic mass is 32.1. The summed E-state index contributed by atoms with van der Waals surface area (Å²) < 4.78 is 18.8. The van der Waals surface area contributed by atoms with E-state index >= 15 is 0 Å². The van der Waals surface area contributed by atoms with Crippen LogP contribution in [0.1, 0.15) is 39.0 Å². The number of rotatable bonds is 4. The van der Waals surface area contributed by atoms with Gasteiger partial charge >= 0.3 is 5.97 Å². The standard InChI is InChI=1S/C19H20FNO3S/c1-11-4-6-16-13(7-11)9-17(25-16)19(23)24-10-18(22)21-15-5-3-12(2)8-14(15)20/h3,5,8-9,11H,4,6-7,10H2,1-2H3,(H,21,22)/t11-/m0/s1. The van der Waals surface area contributed by atoms with Gasteiger partial charge in [0.1, 0.15) is 10.7 Å². The molecule has 0 saturated carbocycles. The predicted molar refractivity (Wildman–Crippen MR) is 95.6 cm³/mol. The van der Waals surface area contributed by atoms with Gasteiger partial charge in [-0.3, -0.25) is 4.79 Å². The van der Waals surface area contributed by atoms with Crippen LogP contribution in [0.25, 0.3) is 0 Å². The minimum absolute atomic E-state index is 0.0761. The molecule has 0 aliphatic heterocycles. The van der Waals surface area contributed by atoms with Gasteiger partial charge in [-0.2, -0.15) is 0 Å². The number of hydrogen-bond acceptors (Lipinski definition) is 4. The zero-order valence-corrected chi connectivity index (χ0v) is 15.0. The van der Waals surface area contributed by atoms with Gasteiger partial charge in [-0.15, -0.1) is 11.3 Å². The average Bonchev–Trinajstić information content (AvgIpc) is 2.98. The molecule has 1 aliphatic carbocycles. The molecule has 0 bridgehead atoms. The van der Waals surface area contributed by atoms with E-state index < -0.39 is 24.3 Å². The molecule has 1 aromatic carbocycles. The van der Waals surface area contributed by atoms with Crippen molar-refractivity contribution in [2.45, 2.75) is 33.1 Å². The van der Waals surface area contributed by atoms with Crippen LogP contribution in [-0.2, 0) is 22.4 Å². The molecule has 1 N–H and O–H groups in total. The van der Waals surface area contributed by atoms with Crippen molar-refractivity contribution >= 4 is 28.9 Å². The van der Waals surface area contributed by atoms with Gasteiger partial charge < -0.3 is 10.1 Å². The lowest BCUT2D eigenvalue weighted by Gasteiger charge is -2.16. The van der Waals surface area contributed by atoms with Gasteiger partial charge in [-0.25, -0.2) is 9.18 Å². The summed E-state index contributed by atoms with van der Waals surface area (Å²) in [6.07, 6.45) is 3.10.